The van der Waals surface area contributed by atoms with Gasteiger partial charge in [0.1, 0.15) is 12.4 Å². The van der Waals surface area contributed by atoms with Gasteiger partial charge in [-0.1, -0.05) is 49.4 Å². The average molecular weight is 300 g/mol. The van der Waals surface area contributed by atoms with Gasteiger partial charge in [0.25, 0.3) is 0 Å². The fraction of sp³-hybridized carbons (Fsp3) is 0.278. The zero-order valence-electron chi connectivity index (χ0n) is 12.5. The molecule has 2 rings (SSSR count). The second-order valence-corrected chi connectivity index (χ2v) is 5.29. The Bertz CT molecular complexity index is 607. The first kappa shape index (κ1) is 16.0. The molecule has 0 saturated heterocycles. The molecular weight excluding hydrogens is 280 g/mol. The minimum atomic E-state index is -1.72. The molecule has 1 atom stereocenters. The van der Waals surface area contributed by atoms with Crippen molar-refractivity contribution in [3.63, 3.8) is 0 Å². The van der Waals surface area contributed by atoms with Crippen molar-refractivity contribution in [3.8, 4) is 5.75 Å². The lowest BCUT2D eigenvalue weighted by atomic mass is 9.92. The molecule has 0 aliphatic rings. The SMILES string of the molecule is CCC(O)(Cc1ccc(OCc2ccccc2)cc1)C(=O)O. The van der Waals surface area contributed by atoms with E-state index in [1.54, 1.807) is 31.2 Å². The summed E-state index contributed by atoms with van der Waals surface area (Å²) in [5.41, 5.74) is 0.128. The summed E-state index contributed by atoms with van der Waals surface area (Å²) in [7, 11) is 0. The zero-order chi connectivity index (χ0) is 16.0. The van der Waals surface area contributed by atoms with Gasteiger partial charge in [0.2, 0.25) is 0 Å². The summed E-state index contributed by atoms with van der Waals surface area (Å²) in [6, 6.07) is 17.0. The van der Waals surface area contributed by atoms with E-state index in [9.17, 15) is 9.90 Å². The monoisotopic (exact) mass is 300 g/mol. The number of rotatable bonds is 7. The standard InChI is InChI=1S/C18H20O4/c1-2-18(21,17(19)20)12-14-8-10-16(11-9-14)22-13-15-6-4-3-5-7-15/h3-11,21H,2,12-13H2,1H3,(H,19,20). The summed E-state index contributed by atoms with van der Waals surface area (Å²) in [4.78, 5) is 11.1. The van der Waals surface area contributed by atoms with Crippen LogP contribution < -0.4 is 4.74 Å². The van der Waals surface area contributed by atoms with E-state index in [-0.39, 0.29) is 12.8 Å². The first-order valence-corrected chi connectivity index (χ1v) is 7.25. The lowest BCUT2D eigenvalue weighted by Crippen LogP contribution is -2.40. The van der Waals surface area contributed by atoms with E-state index in [4.69, 9.17) is 9.84 Å². The van der Waals surface area contributed by atoms with Crippen molar-refractivity contribution in [2.45, 2.75) is 32.0 Å². The lowest BCUT2D eigenvalue weighted by molar-refractivity contribution is -0.158. The molecule has 0 radical (unpaired) electrons. The van der Waals surface area contributed by atoms with Crippen molar-refractivity contribution in [1.82, 2.24) is 0 Å². The summed E-state index contributed by atoms with van der Waals surface area (Å²) in [5.74, 6) is -0.484. The molecule has 1 unspecified atom stereocenters. The molecule has 0 aromatic heterocycles. The fourth-order valence-electron chi connectivity index (χ4n) is 2.13. The predicted molar refractivity (Wildman–Crippen MR) is 83.8 cm³/mol. The lowest BCUT2D eigenvalue weighted by Gasteiger charge is -2.21. The first-order chi connectivity index (χ1) is 10.5. The second kappa shape index (κ2) is 7.09. The number of hydrogen-bond donors (Lipinski definition) is 2. The Kier molecular flexibility index (Phi) is 5.17. The molecule has 2 aromatic rings. The van der Waals surface area contributed by atoms with Gasteiger partial charge >= 0.3 is 5.97 Å². The Balaban J connectivity index is 1.97. The highest BCUT2D eigenvalue weighted by Crippen LogP contribution is 2.20. The molecule has 0 bridgehead atoms. The minimum Gasteiger partial charge on any atom is -0.489 e. The van der Waals surface area contributed by atoms with Crippen LogP contribution in [0.4, 0.5) is 0 Å². The molecular formula is C18H20O4. The third-order valence-electron chi connectivity index (χ3n) is 3.65. The molecule has 116 valence electrons. The van der Waals surface area contributed by atoms with Crippen molar-refractivity contribution in [2.24, 2.45) is 0 Å². The first-order valence-electron chi connectivity index (χ1n) is 7.25. The van der Waals surface area contributed by atoms with Crippen molar-refractivity contribution in [3.05, 3.63) is 65.7 Å². The number of hydrogen-bond acceptors (Lipinski definition) is 3. The zero-order valence-corrected chi connectivity index (χ0v) is 12.5. The highest BCUT2D eigenvalue weighted by molar-refractivity contribution is 5.77. The number of benzene rings is 2. The van der Waals surface area contributed by atoms with E-state index < -0.39 is 11.6 Å². The molecule has 0 heterocycles. The van der Waals surface area contributed by atoms with Crippen molar-refractivity contribution >= 4 is 5.97 Å². The van der Waals surface area contributed by atoms with Gasteiger partial charge in [0, 0.05) is 6.42 Å². The van der Waals surface area contributed by atoms with Gasteiger partial charge in [-0.3, -0.25) is 0 Å². The van der Waals surface area contributed by atoms with E-state index in [0.717, 1.165) is 11.1 Å². The fourth-order valence-corrected chi connectivity index (χ4v) is 2.13. The third kappa shape index (κ3) is 4.09. The average Bonchev–Trinajstić information content (AvgIpc) is 2.55. The molecule has 4 nitrogen and oxygen atoms in total. The maximum Gasteiger partial charge on any atom is 0.336 e. The largest absolute Gasteiger partial charge is 0.489 e. The van der Waals surface area contributed by atoms with E-state index >= 15 is 0 Å². The van der Waals surface area contributed by atoms with Crippen LogP contribution in [0.1, 0.15) is 24.5 Å². The molecule has 0 amide bonds. The van der Waals surface area contributed by atoms with Gasteiger partial charge in [0.15, 0.2) is 5.60 Å². The molecule has 22 heavy (non-hydrogen) atoms. The van der Waals surface area contributed by atoms with Crippen LogP contribution in [0.25, 0.3) is 0 Å². The number of carboxylic acid groups (broad SMARTS) is 1. The van der Waals surface area contributed by atoms with Crippen molar-refractivity contribution in [1.29, 1.82) is 0 Å². The van der Waals surface area contributed by atoms with Gasteiger partial charge in [-0.05, 0) is 29.7 Å². The van der Waals surface area contributed by atoms with Crippen LogP contribution in [0.3, 0.4) is 0 Å². The van der Waals surface area contributed by atoms with Crippen molar-refractivity contribution in [2.75, 3.05) is 0 Å². The normalized spacial score (nSPS) is 13.4. The molecule has 0 fully saturated rings. The number of aliphatic carboxylic acids is 1. The summed E-state index contributed by atoms with van der Waals surface area (Å²) in [6.07, 6.45) is 0.242. The number of ether oxygens (including phenoxy) is 1. The van der Waals surface area contributed by atoms with Crippen LogP contribution in [0.2, 0.25) is 0 Å². The second-order valence-electron chi connectivity index (χ2n) is 5.29. The van der Waals surface area contributed by atoms with Gasteiger partial charge < -0.3 is 14.9 Å². The molecule has 0 aliphatic carbocycles. The topological polar surface area (TPSA) is 66.8 Å². The quantitative estimate of drug-likeness (QED) is 0.825. The highest BCUT2D eigenvalue weighted by Gasteiger charge is 2.33. The van der Waals surface area contributed by atoms with Crippen LogP contribution in [0.15, 0.2) is 54.6 Å². The number of carboxylic acids is 1. The predicted octanol–water partition coefficient (Wildman–Crippen LogP) is 3.03. The van der Waals surface area contributed by atoms with Gasteiger partial charge in [-0.2, -0.15) is 0 Å². The molecule has 0 saturated carbocycles. The molecule has 0 spiro atoms. The van der Waals surface area contributed by atoms with Crippen LogP contribution >= 0.6 is 0 Å². The maximum atomic E-state index is 11.1. The van der Waals surface area contributed by atoms with Gasteiger partial charge in [0.05, 0.1) is 0 Å². The van der Waals surface area contributed by atoms with Crippen LogP contribution in [-0.2, 0) is 17.8 Å². The molecule has 2 aromatic carbocycles. The summed E-state index contributed by atoms with van der Waals surface area (Å²) in [5, 5.41) is 19.1. The summed E-state index contributed by atoms with van der Waals surface area (Å²) in [6.45, 7) is 2.14. The molecule has 0 aliphatic heterocycles. The molecule has 2 N–H and O–H groups in total. The Morgan fingerprint density at radius 2 is 1.68 bits per heavy atom. The number of carbonyl (C=O) groups is 1. The Hall–Kier alpha value is -2.33. The maximum absolute atomic E-state index is 11.1. The summed E-state index contributed by atoms with van der Waals surface area (Å²) >= 11 is 0. The van der Waals surface area contributed by atoms with Crippen LogP contribution in [-0.4, -0.2) is 21.8 Å². The van der Waals surface area contributed by atoms with Gasteiger partial charge in [-0.25, -0.2) is 4.79 Å². The van der Waals surface area contributed by atoms with E-state index in [1.165, 1.54) is 0 Å². The van der Waals surface area contributed by atoms with Crippen LogP contribution in [0.5, 0.6) is 5.75 Å². The Morgan fingerprint density at radius 1 is 1.05 bits per heavy atom. The van der Waals surface area contributed by atoms with Crippen molar-refractivity contribution < 1.29 is 19.7 Å². The molecule has 4 heteroatoms. The Labute approximate surface area is 130 Å². The highest BCUT2D eigenvalue weighted by atomic mass is 16.5. The van der Waals surface area contributed by atoms with E-state index in [0.29, 0.717) is 12.4 Å². The minimum absolute atomic E-state index is 0.0811. The van der Waals surface area contributed by atoms with E-state index in [1.807, 2.05) is 30.3 Å². The van der Waals surface area contributed by atoms with E-state index in [2.05, 4.69) is 0 Å². The third-order valence-corrected chi connectivity index (χ3v) is 3.65. The number of aliphatic hydroxyl groups is 1. The summed E-state index contributed by atoms with van der Waals surface area (Å²) < 4.78 is 5.67. The van der Waals surface area contributed by atoms with Gasteiger partial charge in [-0.15, -0.1) is 0 Å². The Morgan fingerprint density at radius 3 is 2.23 bits per heavy atom. The van der Waals surface area contributed by atoms with Crippen LogP contribution in [0, 0.1) is 0 Å². The smallest absolute Gasteiger partial charge is 0.336 e.